The van der Waals surface area contributed by atoms with E-state index in [0.717, 1.165) is 12.1 Å². The van der Waals surface area contributed by atoms with E-state index in [1.807, 2.05) is 25.7 Å². The Kier molecular flexibility index (Phi) is 9.45. The highest BCUT2D eigenvalue weighted by Crippen LogP contribution is 2.35. The average molecular weight is 539 g/mol. The van der Waals surface area contributed by atoms with Gasteiger partial charge in [-0.3, -0.25) is 14.6 Å². The molecule has 0 aliphatic carbocycles. The molecule has 0 unspecified atom stereocenters. The Balaban J connectivity index is 1.96. The van der Waals surface area contributed by atoms with Gasteiger partial charge in [0.15, 0.2) is 0 Å². The number of carbonyl (C=O) groups is 3. The van der Waals surface area contributed by atoms with Gasteiger partial charge >= 0.3 is 18.2 Å². The van der Waals surface area contributed by atoms with Crippen LogP contribution in [0.25, 0.3) is 0 Å². The van der Waals surface area contributed by atoms with Crippen molar-refractivity contribution in [2.45, 2.75) is 59.3 Å². The minimum absolute atomic E-state index is 0.0557. The molecule has 0 aromatic heterocycles. The number of esters is 1. The van der Waals surface area contributed by atoms with Crippen molar-refractivity contribution in [3.63, 3.8) is 0 Å². The second-order valence-corrected chi connectivity index (χ2v) is 10.1. The summed E-state index contributed by atoms with van der Waals surface area (Å²) < 4.78 is 44.7. The summed E-state index contributed by atoms with van der Waals surface area (Å²) in [4.78, 5) is 44.4. The molecule has 0 bridgehead atoms. The molecule has 2 heterocycles. The van der Waals surface area contributed by atoms with E-state index in [-0.39, 0.29) is 43.1 Å². The second kappa shape index (κ2) is 12.2. The van der Waals surface area contributed by atoms with Gasteiger partial charge in [0, 0.05) is 50.9 Å². The van der Waals surface area contributed by atoms with Gasteiger partial charge in [0.2, 0.25) is 5.91 Å². The zero-order valence-electron chi connectivity index (χ0n) is 22.6. The number of hydrogen-bond donors (Lipinski definition) is 1. The van der Waals surface area contributed by atoms with Crippen LogP contribution in [0.2, 0.25) is 0 Å². The number of ether oxygens (including phenoxy) is 1. The lowest BCUT2D eigenvalue weighted by Gasteiger charge is -2.43. The van der Waals surface area contributed by atoms with Crippen LogP contribution in [0.5, 0.6) is 0 Å². The zero-order valence-corrected chi connectivity index (χ0v) is 22.6. The Hall–Kier alpha value is -3.08. The van der Waals surface area contributed by atoms with Crippen LogP contribution in [-0.4, -0.2) is 78.0 Å². The van der Waals surface area contributed by atoms with E-state index in [4.69, 9.17) is 4.74 Å². The third-order valence-corrected chi connectivity index (χ3v) is 6.81. The van der Waals surface area contributed by atoms with Gasteiger partial charge in [-0.25, -0.2) is 9.59 Å². The van der Waals surface area contributed by atoms with Crippen LogP contribution in [0.3, 0.4) is 0 Å². The average Bonchev–Trinajstić information content (AvgIpc) is 2.83. The number of hydrogen-bond acceptors (Lipinski definition) is 5. The van der Waals surface area contributed by atoms with Crippen LogP contribution in [0.15, 0.2) is 35.5 Å². The van der Waals surface area contributed by atoms with Crippen LogP contribution in [0.4, 0.5) is 18.0 Å². The number of benzene rings is 1. The third kappa shape index (κ3) is 6.67. The smallest absolute Gasteiger partial charge is 0.416 e. The predicted molar refractivity (Wildman–Crippen MR) is 136 cm³/mol. The maximum Gasteiger partial charge on any atom is 0.416 e. The fraction of sp³-hybridized carbons (Fsp3) is 0.593. The zero-order chi connectivity index (χ0) is 28.2. The van der Waals surface area contributed by atoms with Crippen molar-refractivity contribution in [3.05, 3.63) is 46.7 Å². The van der Waals surface area contributed by atoms with E-state index in [2.05, 4.69) is 10.2 Å². The highest BCUT2D eigenvalue weighted by Gasteiger charge is 2.40. The largest absolute Gasteiger partial charge is 0.463 e. The molecule has 1 fully saturated rings. The molecule has 0 radical (unpaired) electrons. The second-order valence-electron chi connectivity index (χ2n) is 10.1. The lowest BCUT2D eigenvalue weighted by atomic mass is 9.93. The fourth-order valence-corrected chi connectivity index (χ4v) is 5.00. The van der Waals surface area contributed by atoms with Gasteiger partial charge in [-0.05, 0) is 44.4 Å². The maximum absolute atomic E-state index is 13.2. The van der Waals surface area contributed by atoms with Gasteiger partial charge in [-0.2, -0.15) is 13.2 Å². The number of piperazine rings is 1. The SMILES string of the molecule is CCOC(=O)C1=C(CN2CCN(C(=O)CC(C)C)[C@H](C)C2)N(CC)C(=O)N[C@H]1c1ccc(C(F)(F)F)cc1. The van der Waals surface area contributed by atoms with Crippen molar-refractivity contribution in [2.24, 2.45) is 5.92 Å². The van der Waals surface area contributed by atoms with Crippen LogP contribution in [0.1, 0.15) is 58.2 Å². The van der Waals surface area contributed by atoms with Crippen molar-refractivity contribution in [3.8, 4) is 0 Å². The van der Waals surface area contributed by atoms with Crippen molar-refractivity contribution < 1.29 is 32.3 Å². The Morgan fingerprint density at radius 1 is 1.13 bits per heavy atom. The minimum atomic E-state index is -4.51. The van der Waals surface area contributed by atoms with Gasteiger partial charge in [-0.15, -0.1) is 0 Å². The Morgan fingerprint density at radius 2 is 1.79 bits per heavy atom. The summed E-state index contributed by atoms with van der Waals surface area (Å²) in [6.07, 6.45) is -4.03. The molecule has 1 aromatic carbocycles. The summed E-state index contributed by atoms with van der Waals surface area (Å²) in [5.41, 5.74) is 0.173. The number of amides is 3. The summed E-state index contributed by atoms with van der Waals surface area (Å²) in [7, 11) is 0. The van der Waals surface area contributed by atoms with E-state index in [9.17, 15) is 27.6 Å². The van der Waals surface area contributed by atoms with Gasteiger partial charge in [0.1, 0.15) is 0 Å². The number of rotatable bonds is 8. The number of carbonyl (C=O) groups excluding carboxylic acids is 3. The fourth-order valence-electron chi connectivity index (χ4n) is 5.00. The molecule has 2 atom stereocenters. The number of urea groups is 1. The molecule has 1 aromatic rings. The third-order valence-electron chi connectivity index (χ3n) is 6.81. The molecule has 8 nitrogen and oxygen atoms in total. The Bertz CT molecular complexity index is 1060. The molecule has 3 amide bonds. The summed E-state index contributed by atoms with van der Waals surface area (Å²) in [5, 5.41) is 2.77. The molecule has 38 heavy (non-hydrogen) atoms. The standard InChI is InChI=1S/C27H37F3N4O4/c1-6-33-21(16-32-12-13-34(18(5)15-32)22(35)14-17(3)4)23(25(36)38-7-2)24(31-26(33)37)19-8-10-20(11-9-19)27(28,29)30/h8-11,17-18,24H,6-7,12-16H2,1-5H3,(H,31,37)/t18-,24+/m1/s1. The van der Waals surface area contributed by atoms with Crippen LogP contribution >= 0.6 is 0 Å². The van der Waals surface area contributed by atoms with Crippen LogP contribution in [0, 0.1) is 5.92 Å². The number of halogens is 3. The van der Waals surface area contributed by atoms with Gasteiger partial charge in [0.25, 0.3) is 0 Å². The summed E-state index contributed by atoms with van der Waals surface area (Å²) in [6, 6.07) is 2.95. The molecule has 2 aliphatic rings. The topological polar surface area (TPSA) is 82.2 Å². The van der Waals surface area contributed by atoms with E-state index >= 15 is 0 Å². The summed E-state index contributed by atoms with van der Waals surface area (Å²) in [5.74, 6) is -0.274. The Morgan fingerprint density at radius 3 is 2.32 bits per heavy atom. The number of nitrogens with zero attached hydrogens (tertiary/aromatic N) is 3. The van der Waals surface area contributed by atoms with Crippen LogP contribution < -0.4 is 5.32 Å². The molecule has 1 saturated heterocycles. The number of nitrogens with one attached hydrogen (secondary N) is 1. The molecule has 1 N–H and O–H groups in total. The normalized spacial score (nSPS) is 21.1. The first-order valence-corrected chi connectivity index (χ1v) is 13.0. The van der Waals surface area contributed by atoms with E-state index in [0.29, 0.717) is 37.3 Å². The molecular weight excluding hydrogens is 501 g/mol. The molecular formula is C27H37F3N4O4. The van der Waals surface area contributed by atoms with Crippen molar-refractivity contribution in [1.29, 1.82) is 0 Å². The lowest BCUT2D eigenvalue weighted by molar-refractivity contribution is -0.139. The number of alkyl halides is 3. The Labute approximate surface area is 221 Å². The summed E-state index contributed by atoms with van der Waals surface area (Å²) >= 11 is 0. The van der Waals surface area contributed by atoms with Crippen molar-refractivity contribution >= 4 is 17.9 Å². The highest BCUT2D eigenvalue weighted by molar-refractivity contribution is 5.95. The molecule has 0 spiro atoms. The van der Waals surface area contributed by atoms with E-state index in [1.165, 1.54) is 17.0 Å². The van der Waals surface area contributed by atoms with Gasteiger partial charge < -0.3 is 15.0 Å². The molecule has 2 aliphatic heterocycles. The van der Waals surface area contributed by atoms with Crippen molar-refractivity contribution in [2.75, 3.05) is 39.3 Å². The van der Waals surface area contributed by atoms with Crippen LogP contribution in [-0.2, 0) is 20.5 Å². The molecule has 3 rings (SSSR count). The lowest BCUT2D eigenvalue weighted by Crippen LogP contribution is -2.56. The molecule has 210 valence electrons. The first kappa shape index (κ1) is 29.5. The summed E-state index contributed by atoms with van der Waals surface area (Å²) in [6.45, 7) is 11.7. The minimum Gasteiger partial charge on any atom is -0.463 e. The maximum atomic E-state index is 13.2. The molecule has 0 saturated carbocycles. The van der Waals surface area contributed by atoms with Gasteiger partial charge in [-0.1, -0.05) is 26.0 Å². The number of likely N-dealkylation sites (N-methyl/N-ethyl adjacent to an activating group) is 1. The van der Waals surface area contributed by atoms with Gasteiger partial charge in [0.05, 0.1) is 23.8 Å². The quantitative estimate of drug-likeness (QED) is 0.502. The van der Waals surface area contributed by atoms with E-state index < -0.39 is 29.8 Å². The van der Waals surface area contributed by atoms with E-state index in [1.54, 1.807) is 13.8 Å². The first-order valence-electron chi connectivity index (χ1n) is 13.0. The first-order chi connectivity index (χ1) is 17.9. The molecule has 11 heteroatoms. The monoisotopic (exact) mass is 538 g/mol. The predicted octanol–water partition coefficient (Wildman–Crippen LogP) is 4.19. The van der Waals surface area contributed by atoms with Crippen molar-refractivity contribution in [1.82, 2.24) is 20.0 Å². The highest BCUT2D eigenvalue weighted by atomic mass is 19.4.